The third-order valence-corrected chi connectivity index (χ3v) is 2.37. The third-order valence-electron chi connectivity index (χ3n) is 2.37. The second kappa shape index (κ2) is 4.67. The van der Waals surface area contributed by atoms with Gasteiger partial charge in [0.15, 0.2) is 0 Å². The van der Waals surface area contributed by atoms with Crippen molar-refractivity contribution in [1.82, 2.24) is 0 Å². The first-order valence-corrected chi connectivity index (χ1v) is 5.22. The SMILES string of the molecule is Cc1ccc(Nc2cc(F)cc(C#N)c2)cc1. The van der Waals surface area contributed by atoms with Gasteiger partial charge in [-0.3, -0.25) is 0 Å². The highest BCUT2D eigenvalue weighted by Crippen LogP contribution is 2.19. The first kappa shape index (κ1) is 11.2. The van der Waals surface area contributed by atoms with Crippen LogP contribution in [-0.2, 0) is 0 Å². The lowest BCUT2D eigenvalue weighted by atomic mass is 10.2. The van der Waals surface area contributed by atoms with Crippen molar-refractivity contribution < 1.29 is 4.39 Å². The molecule has 0 aliphatic carbocycles. The lowest BCUT2D eigenvalue weighted by molar-refractivity contribution is 0.628. The standard InChI is InChI=1S/C14H11FN2/c1-10-2-4-13(5-3-10)17-14-7-11(9-16)6-12(15)8-14/h2-8,17H,1H3. The Morgan fingerprint density at radius 2 is 1.76 bits per heavy atom. The topological polar surface area (TPSA) is 35.8 Å². The van der Waals surface area contributed by atoms with Crippen molar-refractivity contribution in [2.45, 2.75) is 6.92 Å². The maximum Gasteiger partial charge on any atom is 0.126 e. The summed E-state index contributed by atoms with van der Waals surface area (Å²) in [6.45, 7) is 2.00. The molecule has 0 unspecified atom stereocenters. The van der Waals surface area contributed by atoms with Crippen LogP contribution in [-0.4, -0.2) is 0 Å². The maximum atomic E-state index is 13.2. The fraction of sp³-hybridized carbons (Fsp3) is 0.0714. The monoisotopic (exact) mass is 226 g/mol. The Balaban J connectivity index is 2.27. The van der Waals surface area contributed by atoms with Crippen molar-refractivity contribution in [2.75, 3.05) is 5.32 Å². The summed E-state index contributed by atoms with van der Waals surface area (Å²) in [7, 11) is 0. The molecule has 1 N–H and O–H groups in total. The van der Waals surface area contributed by atoms with E-state index in [0.717, 1.165) is 11.3 Å². The van der Waals surface area contributed by atoms with Crippen LogP contribution in [0.4, 0.5) is 15.8 Å². The summed E-state index contributed by atoms with van der Waals surface area (Å²) >= 11 is 0. The number of nitrogens with one attached hydrogen (secondary N) is 1. The zero-order valence-electron chi connectivity index (χ0n) is 9.37. The molecule has 0 saturated carbocycles. The van der Waals surface area contributed by atoms with E-state index in [-0.39, 0.29) is 0 Å². The number of hydrogen-bond donors (Lipinski definition) is 1. The molecule has 3 heteroatoms. The molecule has 0 bridgehead atoms. The van der Waals surface area contributed by atoms with Crippen molar-refractivity contribution in [3.05, 3.63) is 59.4 Å². The van der Waals surface area contributed by atoms with Crippen LogP contribution in [0.5, 0.6) is 0 Å². The maximum absolute atomic E-state index is 13.2. The van der Waals surface area contributed by atoms with Gasteiger partial charge in [0.05, 0.1) is 11.6 Å². The van der Waals surface area contributed by atoms with Gasteiger partial charge in [-0.25, -0.2) is 4.39 Å². The highest BCUT2D eigenvalue weighted by molar-refractivity contribution is 5.61. The second-order valence-electron chi connectivity index (χ2n) is 3.83. The van der Waals surface area contributed by atoms with Crippen LogP contribution in [0.15, 0.2) is 42.5 Å². The number of nitrogens with zero attached hydrogens (tertiary/aromatic N) is 1. The number of anilines is 2. The first-order valence-electron chi connectivity index (χ1n) is 5.22. The minimum Gasteiger partial charge on any atom is -0.355 e. The van der Waals surface area contributed by atoms with Crippen LogP contribution in [0.25, 0.3) is 0 Å². The Morgan fingerprint density at radius 1 is 1.06 bits per heavy atom. The molecule has 2 rings (SSSR count). The molecule has 84 valence electrons. The van der Waals surface area contributed by atoms with Crippen LogP contribution >= 0.6 is 0 Å². The summed E-state index contributed by atoms with van der Waals surface area (Å²) in [5.41, 5.74) is 2.91. The van der Waals surface area contributed by atoms with Crippen LogP contribution in [0.2, 0.25) is 0 Å². The molecule has 0 aliphatic heterocycles. The van der Waals surface area contributed by atoms with Crippen molar-refractivity contribution in [1.29, 1.82) is 5.26 Å². The summed E-state index contributed by atoms with van der Waals surface area (Å²) in [6.07, 6.45) is 0. The predicted octanol–water partition coefficient (Wildman–Crippen LogP) is 3.75. The molecule has 0 aliphatic rings. The van der Waals surface area contributed by atoms with Crippen molar-refractivity contribution in [2.24, 2.45) is 0 Å². The number of aryl methyl sites for hydroxylation is 1. The van der Waals surface area contributed by atoms with Crippen LogP contribution in [0.1, 0.15) is 11.1 Å². The summed E-state index contributed by atoms with van der Waals surface area (Å²) < 4.78 is 13.2. The minimum atomic E-state index is -0.418. The van der Waals surface area contributed by atoms with Crippen molar-refractivity contribution in [3.8, 4) is 6.07 Å². The van der Waals surface area contributed by atoms with Crippen LogP contribution in [0.3, 0.4) is 0 Å². The molecule has 0 saturated heterocycles. The van der Waals surface area contributed by atoms with E-state index in [1.165, 1.54) is 12.1 Å². The summed E-state index contributed by atoms with van der Waals surface area (Å²) in [5.74, 6) is -0.418. The van der Waals surface area contributed by atoms with Crippen molar-refractivity contribution in [3.63, 3.8) is 0 Å². The van der Waals surface area contributed by atoms with Crippen LogP contribution in [0, 0.1) is 24.1 Å². The number of rotatable bonds is 2. The highest BCUT2D eigenvalue weighted by atomic mass is 19.1. The van der Waals surface area contributed by atoms with E-state index in [1.807, 2.05) is 37.3 Å². The number of nitriles is 1. The Morgan fingerprint density at radius 3 is 2.41 bits per heavy atom. The normalized spacial score (nSPS) is 9.71. The quantitative estimate of drug-likeness (QED) is 0.846. The number of halogens is 1. The second-order valence-corrected chi connectivity index (χ2v) is 3.83. The van der Waals surface area contributed by atoms with E-state index in [2.05, 4.69) is 5.32 Å². The molecule has 0 amide bonds. The van der Waals surface area contributed by atoms with E-state index in [0.29, 0.717) is 11.3 Å². The van der Waals surface area contributed by atoms with Gasteiger partial charge in [0.2, 0.25) is 0 Å². The molecule has 2 aromatic carbocycles. The molecule has 0 fully saturated rings. The van der Waals surface area contributed by atoms with Gasteiger partial charge < -0.3 is 5.32 Å². The molecule has 0 radical (unpaired) electrons. The van der Waals surface area contributed by atoms with E-state index in [9.17, 15) is 4.39 Å². The van der Waals surface area contributed by atoms with Crippen LogP contribution < -0.4 is 5.32 Å². The molecular weight excluding hydrogens is 215 g/mol. The van der Waals surface area contributed by atoms with Gasteiger partial charge in [-0.1, -0.05) is 17.7 Å². The van der Waals surface area contributed by atoms with Gasteiger partial charge in [-0.15, -0.1) is 0 Å². The Bertz CT molecular complexity index is 568. The fourth-order valence-corrected chi connectivity index (χ4v) is 1.53. The van der Waals surface area contributed by atoms with Gasteiger partial charge in [0, 0.05) is 11.4 Å². The highest BCUT2D eigenvalue weighted by Gasteiger charge is 2.00. The number of benzene rings is 2. The minimum absolute atomic E-state index is 0.305. The molecular formula is C14H11FN2. The zero-order chi connectivity index (χ0) is 12.3. The molecule has 0 spiro atoms. The Kier molecular flexibility index (Phi) is 3.06. The van der Waals surface area contributed by atoms with Gasteiger partial charge in [-0.05, 0) is 37.3 Å². The molecule has 0 atom stereocenters. The largest absolute Gasteiger partial charge is 0.355 e. The average Bonchev–Trinajstić information content (AvgIpc) is 2.31. The average molecular weight is 226 g/mol. The summed E-state index contributed by atoms with van der Waals surface area (Å²) in [5, 5.41) is 11.8. The van der Waals surface area contributed by atoms with Crippen molar-refractivity contribution >= 4 is 11.4 Å². The first-order chi connectivity index (χ1) is 8.17. The molecule has 0 heterocycles. The van der Waals surface area contributed by atoms with E-state index >= 15 is 0 Å². The smallest absolute Gasteiger partial charge is 0.126 e. The van der Waals surface area contributed by atoms with Gasteiger partial charge >= 0.3 is 0 Å². The molecule has 0 aromatic heterocycles. The summed E-state index contributed by atoms with van der Waals surface area (Å²) in [6, 6.07) is 13.9. The molecule has 2 aromatic rings. The van der Waals surface area contributed by atoms with E-state index in [1.54, 1.807) is 6.07 Å². The Labute approximate surface area is 99.3 Å². The lowest BCUT2D eigenvalue weighted by Gasteiger charge is -2.07. The van der Waals surface area contributed by atoms with Gasteiger partial charge in [0.1, 0.15) is 5.82 Å². The molecule has 2 nitrogen and oxygen atoms in total. The van der Waals surface area contributed by atoms with Gasteiger partial charge in [-0.2, -0.15) is 5.26 Å². The zero-order valence-corrected chi connectivity index (χ0v) is 9.37. The summed E-state index contributed by atoms with van der Waals surface area (Å²) in [4.78, 5) is 0. The van der Waals surface area contributed by atoms with Gasteiger partial charge in [0.25, 0.3) is 0 Å². The number of hydrogen-bond acceptors (Lipinski definition) is 2. The lowest BCUT2D eigenvalue weighted by Crippen LogP contribution is -1.92. The van der Waals surface area contributed by atoms with E-state index in [4.69, 9.17) is 5.26 Å². The fourth-order valence-electron chi connectivity index (χ4n) is 1.53. The predicted molar refractivity (Wildman–Crippen MR) is 65.6 cm³/mol. The third kappa shape index (κ3) is 2.82. The molecule has 17 heavy (non-hydrogen) atoms. The van der Waals surface area contributed by atoms with E-state index < -0.39 is 5.82 Å². The Hall–Kier alpha value is -2.34.